The van der Waals surface area contributed by atoms with Crippen molar-refractivity contribution in [3.8, 4) is 5.69 Å². The smallest absolute Gasteiger partial charge is 0.236 e. The number of aromatic nitrogens is 2. The Hall–Kier alpha value is -2.14. The average molecular weight is 357 g/mol. The summed E-state index contributed by atoms with van der Waals surface area (Å²) in [6.07, 6.45) is 3.89. The molecule has 0 saturated heterocycles. The Labute approximate surface area is 157 Å². The van der Waals surface area contributed by atoms with Crippen molar-refractivity contribution in [2.24, 2.45) is 11.8 Å². The van der Waals surface area contributed by atoms with Crippen molar-refractivity contribution in [2.75, 3.05) is 26.7 Å². The minimum absolute atomic E-state index is 0.199. The molecule has 0 radical (unpaired) electrons. The van der Waals surface area contributed by atoms with Gasteiger partial charge in [-0.1, -0.05) is 45.9 Å². The third kappa shape index (κ3) is 6.30. The first kappa shape index (κ1) is 20.2. The van der Waals surface area contributed by atoms with Gasteiger partial charge in [-0.3, -0.25) is 9.69 Å². The molecule has 2 aromatic rings. The maximum Gasteiger partial charge on any atom is 0.236 e. The highest BCUT2D eigenvalue weighted by molar-refractivity contribution is 5.78. The molecule has 0 N–H and O–H groups in total. The van der Waals surface area contributed by atoms with Gasteiger partial charge in [-0.25, -0.2) is 4.68 Å². The number of hydrogen-bond acceptors (Lipinski definition) is 3. The van der Waals surface area contributed by atoms with E-state index in [4.69, 9.17) is 0 Å². The minimum atomic E-state index is 0.199. The van der Waals surface area contributed by atoms with Gasteiger partial charge in [0.25, 0.3) is 0 Å². The molecule has 0 aliphatic rings. The molecule has 1 heterocycles. The molecular weight excluding hydrogens is 324 g/mol. The van der Waals surface area contributed by atoms with Crippen molar-refractivity contribution in [1.82, 2.24) is 19.6 Å². The van der Waals surface area contributed by atoms with Gasteiger partial charge in [0.2, 0.25) is 5.91 Å². The lowest BCUT2D eigenvalue weighted by Gasteiger charge is -2.28. The highest BCUT2D eigenvalue weighted by Crippen LogP contribution is 2.10. The van der Waals surface area contributed by atoms with Crippen LogP contribution < -0.4 is 0 Å². The summed E-state index contributed by atoms with van der Waals surface area (Å²) in [5, 5.41) is 4.43. The van der Waals surface area contributed by atoms with E-state index in [0.717, 1.165) is 24.3 Å². The van der Waals surface area contributed by atoms with E-state index >= 15 is 0 Å². The van der Waals surface area contributed by atoms with E-state index in [1.54, 1.807) is 0 Å². The zero-order chi connectivity index (χ0) is 19.1. The standard InChI is InChI=1S/C21H32N4O/c1-17(2)12-24(13-18(3)4)21(26)16-23(5)14-19-11-22-25(15-19)20-9-7-6-8-10-20/h6-11,15,17-18H,12-14,16H2,1-5H3. The summed E-state index contributed by atoms with van der Waals surface area (Å²) in [7, 11) is 1.99. The second-order valence-electron chi connectivity index (χ2n) is 7.89. The van der Waals surface area contributed by atoms with Crippen molar-refractivity contribution >= 4 is 5.91 Å². The molecule has 26 heavy (non-hydrogen) atoms. The van der Waals surface area contributed by atoms with Crippen LogP contribution in [0.5, 0.6) is 0 Å². The maximum absolute atomic E-state index is 12.7. The van der Waals surface area contributed by atoms with Crippen LogP contribution in [0.4, 0.5) is 0 Å². The number of likely N-dealkylation sites (N-methyl/N-ethyl adjacent to an activating group) is 1. The molecule has 0 bridgehead atoms. The lowest BCUT2D eigenvalue weighted by atomic mass is 10.1. The molecule has 1 amide bonds. The summed E-state index contributed by atoms with van der Waals surface area (Å²) in [5.41, 5.74) is 2.14. The number of nitrogens with zero attached hydrogens (tertiary/aromatic N) is 4. The second-order valence-corrected chi connectivity index (χ2v) is 7.89. The lowest BCUT2D eigenvalue weighted by Crippen LogP contribution is -2.42. The third-order valence-corrected chi connectivity index (χ3v) is 4.04. The number of carbonyl (C=O) groups is 1. The maximum atomic E-state index is 12.7. The number of hydrogen-bond donors (Lipinski definition) is 0. The summed E-state index contributed by atoms with van der Waals surface area (Å²) >= 11 is 0. The molecule has 142 valence electrons. The van der Waals surface area contributed by atoms with E-state index in [1.807, 2.05) is 59.4 Å². The van der Waals surface area contributed by atoms with Crippen LogP contribution in [0.15, 0.2) is 42.7 Å². The minimum Gasteiger partial charge on any atom is -0.341 e. The highest BCUT2D eigenvalue weighted by atomic mass is 16.2. The monoisotopic (exact) mass is 356 g/mol. The van der Waals surface area contributed by atoms with E-state index in [9.17, 15) is 4.79 Å². The average Bonchev–Trinajstić information content (AvgIpc) is 3.02. The fourth-order valence-electron chi connectivity index (χ4n) is 3.02. The second kappa shape index (κ2) is 9.53. The molecule has 0 aliphatic carbocycles. The van der Waals surface area contributed by atoms with Crippen LogP contribution in [0.3, 0.4) is 0 Å². The fraction of sp³-hybridized carbons (Fsp3) is 0.524. The Morgan fingerprint density at radius 1 is 1.08 bits per heavy atom. The Morgan fingerprint density at radius 3 is 2.27 bits per heavy atom. The van der Waals surface area contributed by atoms with Crippen molar-refractivity contribution in [2.45, 2.75) is 34.2 Å². The van der Waals surface area contributed by atoms with Crippen molar-refractivity contribution in [1.29, 1.82) is 0 Å². The molecule has 5 nitrogen and oxygen atoms in total. The lowest BCUT2D eigenvalue weighted by molar-refractivity contribution is -0.133. The Morgan fingerprint density at radius 2 is 1.69 bits per heavy atom. The SMILES string of the molecule is CC(C)CN(CC(C)C)C(=O)CN(C)Cc1cnn(-c2ccccc2)c1. The molecule has 1 aromatic heterocycles. The van der Waals surface area contributed by atoms with Gasteiger partial charge < -0.3 is 4.90 Å². The molecule has 0 atom stereocenters. The first-order valence-electron chi connectivity index (χ1n) is 9.40. The summed E-state index contributed by atoms with van der Waals surface area (Å²) < 4.78 is 1.87. The first-order valence-corrected chi connectivity index (χ1v) is 9.40. The first-order chi connectivity index (χ1) is 12.3. The molecule has 0 aliphatic heterocycles. The molecule has 0 fully saturated rings. The van der Waals surface area contributed by atoms with Gasteiger partial charge in [0, 0.05) is 31.4 Å². The Balaban J connectivity index is 1.93. The van der Waals surface area contributed by atoms with Crippen LogP contribution in [0.25, 0.3) is 5.69 Å². The fourth-order valence-corrected chi connectivity index (χ4v) is 3.02. The normalized spacial score (nSPS) is 11.5. The van der Waals surface area contributed by atoms with E-state index in [2.05, 4.69) is 37.7 Å². The predicted octanol–water partition coefficient (Wildman–Crippen LogP) is 3.44. The summed E-state index contributed by atoms with van der Waals surface area (Å²) in [6, 6.07) is 10.0. The van der Waals surface area contributed by atoms with Crippen LogP contribution in [-0.4, -0.2) is 52.2 Å². The number of para-hydroxylation sites is 1. The zero-order valence-electron chi connectivity index (χ0n) is 16.7. The molecule has 0 saturated carbocycles. The van der Waals surface area contributed by atoms with Gasteiger partial charge in [0.1, 0.15) is 0 Å². The third-order valence-electron chi connectivity index (χ3n) is 4.04. The van der Waals surface area contributed by atoms with Gasteiger partial charge in [0.15, 0.2) is 0 Å². The van der Waals surface area contributed by atoms with Crippen molar-refractivity contribution in [3.63, 3.8) is 0 Å². The van der Waals surface area contributed by atoms with Gasteiger partial charge >= 0.3 is 0 Å². The van der Waals surface area contributed by atoms with E-state index in [1.165, 1.54) is 0 Å². The quantitative estimate of drug-likeness (QED) is 0.691. The van der Waals surface area contributed by atoms with Crippen molar-refractivity contribution < 1.29 is 4.79 Å². The molecule has 0 spiro atoms. The van der Waals surface area contributed by atoms with E-state index in [0.29, 0.717) is 24.9 Å². The summed E-state index contributed by atoms with van der Waals surface area (Å²) in [6.45, 7) is 11.4. The van der Waals surface area contributed by atoms with Crippen LogP contribution in [-0.2, 0) is 11.3 Å². The number of rotatable bonds is 9. The van der Waals surface area contributed by atoms with Gasteiger partial charge in [-0.15, -0.1) is 0 Å². The Bertz CT molecular complexity index is 668. The highest BCUT2D eigenvalue weighted by Gasteiger charge is 2.18. The van der Waals surface area contributed by atoms with Gasteiger partial charge in [-0.2, -0.15) is 5.10 Å². The number of benzene rings is 1. The number of carbonyl (C=O) groups excluding carboxylic acids is 1. The Kier molecular flexibility index (Phi) is 7.39. The van der Waals surface area contributed by atoms with Gasteiger partial charge in [-0.05, 0) is 31.0 Å². The topological polar surface area (TPSA) is 41.4 Å². The molecule has 5 heteroatoms. The molecule has 1 aromatic carbocycles. The zero-order valence-corrected chi connectivity index (χ0v) is 16.7. The van der Waals surface area contributed by atoms with E-state index in [-0.39, 0.29) is 5.91 Å². The van der Waals surface area contributed by atoms with Crippen LogP contribution in [0, 0.1) is 11.8 Å². The largest absolute Gasteiger partial charge is 0.341 e. The van der Waals surface area contributed by atoms with Crippen LogP contribution in [0.2, 0.25) is 0 Å². The van der Waals surface area contributed by atoms with Gasteiger partial charge in [0.05, 0.1) is 18.4 Å². The van der Waals surface area contributed by atoms with Crippen LogP contribution >= 0.6 is 0 Å². The molecule has 0 unspecified atom stereocenters. The van der Waals surface area contributed by atoms with Crippen LogP contribution in [0.1, 0.15) is 33.3 Å². The summed E-state index contributed by atoms with van der Waals surface area (Å²) in [5.74, 6) is 1.16. The van der Waals surface area contributed by atoms with Crippen molar-refractivity contribution in [3.05, 3.63) is 48.3 Å². The molecular formula is C21H32N4O. The number of amides is 1. The predicted molar refractivity (Wildman–Crippen MR) is 106 cm³/mol. The van der Waals surface area contributed by atoms with E-state index < -0.39 is 0 Å². The molecule has 2 rings (SSSR count). The summed E-state index contributed by atoms with van der Waals surface area (Å²) in [4.78, 5) is 16.8.